The van der Waals surface area contributed by atoms with Gasteiger partial charge in [-0.15, -0.1) is 0 Å². The van der Waals surface area contributed by atoms with E-state index in [-0.39, 0.29) is 13.0 Å². The third kappa shape index (κ3) is 3.33. The largest absolute Gasteiger partial charge is 0.468 e. The summed E-state index contributed by atoms with van der Waals surface area (Å²) in [6.45, 7) is 1.39. The second-order valence-electron chi connectivity index (χ2n) is 4.78. The minimum atomic E-state index is -1.16. The fourth-order valence-electron chi connectivity index (χ4n) is 1.91. The van der Waals surface area contributed by atoms with E-state index in [2.05, 4.69) is 15.2 Å². The molecule has 0 spiro atoms. The minimum Gasteiger partial charge on any atom is -0.468 e. The van der Waals surface area contributed by atoms with Crippen molar-refractivity contribution in [3.8, 4) is 0 Å². The predicted octanol–water partition coefficient (Wildman–Crippen LogP) is 1.51. The number of halogens is 1. The Hall–Kier alpha value is -2.08. The van der Waals surface area contributed by atoms with Crippen LogP contribution in [0.3, 0.4) is 0 Å². The Kier molecular flexibility index (Phi) is 4.47. The van der Waals surface area contributed by atoms with Crippen LogP contribution in [0, 0.1) is 0 Å². The molecule has 0 unspecified atom stereocenters. The Labute approximate surface area is 127 Å². The monoisotopic (exact) mass is 310 g/mol. The van der Waals surface area contributed by atoms with Gasteiger partial charge in [0, 0.05) is 17.0 Å². The van der Waals surface area contributed by atoms with E-state index in [0.717, 1.165) is 5.56 Å². The van der Waals surface area contributed by atoms with Gasteiger partial charge in [0.1, 0.15) is 6.54 Å². The molecule has 0 saturated carbocycles. The molecule has 2 rings (SSSR count). The number of hydrogen-bond acceptors (Lipinski definition) is 5. The highest BCUT2D eigenvalue weighted by Crippen LogP contribution is 2.29. The van der Waals surface area contributed by atoms with Gasteiger partial charge in [-0.2, -0.15) is 0 Å². The molecule has 0 radical (unpaired) electrons. The maximum Gasteiger partial charge on any atom is 0.325 e. The maximum absolute atomic E-state index is 12.1. The van der Waals surface area contributed by atoms with E-state index < -0.39 is 17.5 Å². The SMILES string of the molecule is COC(=O)CNC(=O)[C@]1(C)CC(c2ccccc2Cl)=NO1. The van der Waals surface area contributed by atoms with Gasteiger partial charge in [-0.3, -0.25) is 9.59 Å². The van der Waals surface area contributed by atoms with Crippen molar-refractivity contribution in [2.24, 2.45) is 5.16 Å². The summed E-state index contributed by atoms with van der Waals surface area (Å²) < 4.78 is 4.46. The van der Waals surface area contributed by atoms with Crippen molar-refractivity contribution in [3.63, 3.8) is 0 Å². The van der Waals surface area contributed by atoms with Gasteiger partial charge in [-0.1, -0.05) is 35.0 Å². The third-order valence-corrected chi connectivity index (χ3v) is 3.48. The van der Waals surface area contributed by atoms with Gasteiger partial charge >= 0.3 is 5.97 Å². The zero-order valence-corrected chi connectivity index (χ0v) is 12.4. The molecule has 6 nitrogen and oxygen atoms in total. The average Bonchev–Trinajstić information content (AvgIpc) is 2.88. The lowest BCUT2D eigenvalue weighted by Crippen LogP contribution is -2.46. The van der Waals surface area contributed by atoms with E-state index in [1.54, 1.807) is 13.0 Å². The Morgan fingerprint density at radius 1 is 1.48 bits per heavy atom. The summed E-state index contributed by atoms with van der Waals surface area (Å²) in [5.41, 5.74) is 0.155. The topological polar surface area (TPSA) is 77.0 Å². The first kappa shape index (κ1) is 15.3. The second-order valence-corrected chi connectivity index (χ2v) is 5.18. The molecule has 1 aromatic carbocycles. The van der Waals surface area contributed by atoms with Gasteiger partial charge in [0.25, 0.3) is 5.91 Å². The minimum absolute atomic E-state index is 0.213. The van der Waals surface area contributed by atoms with Gasteiger partial charge in [-0.05, 0) is 13.0 Å². The van der Waals surface area contributed by atoms with Gasteiger partial charge in [0.15, 0.2) is 0 Å². The first-order chi connectivity index (χ1) is 9.96. The van der Waals surface area contributed by atoms with E-state index in [4.69, 9.17) is 16.4 Å². The number of nitrogens with one attached hydrogen (secondary N) is 1. The molecule has 1 atom stereocenters. The maximum atomic E-state index is 12.1. The molecular weight excluding hydrogens is 296 g/mol. The molecule has 1 N–H and O–H groups in total. The van der Waals surface area contributed by atoms with E-state index in [1.165, 1.54) is 7.11 Å². The predicted molar refractivity (Wildman–Crippen MR) is 77.1 cm³/mol. The lowest BCUT2D eigenvalue weighted by atomic mass is 9.95. The fourth-order valence-corrected chi connectivity index (χ4v) is 2.16. The van der Waals surface area contributed by atoms with Crippen LogP contribution in [0.25, 0.3) is 0 Å². The molecule has 1 aliphatic heterocycles. The lowest BCUT2D eigenvalue weighted by Gasteiger charge is -2.19. The molecular formula is C14H15ClN2O4. The number of hydrogen-bond donors (Lipinski definition) is 1. The summed E-state index contributed by atoms with van der Waals surface area (Å²) in [5, 5.41) is 6.94. The molecule has 0 aromatic heterocycles. The summed E-state index contributed by atoms with van der Waals surface area (Å²) in [7, 11) is 1.25. The molecule has 112 valence electrons. The third-order valence-electron chi connectivity index (χ3n) is 3.15. The van der Waals surface area contributed by atoms with Crippen LogP contribution in [0.5, 0.6) is 0 Å². The average molecular weight is 311 g/mol. The Bertz CT molecular complexity index is 602. The van der Waals surface area contributed by atoms with Crippen LogP contribution >= 0.6 is 11.6 Å². The summed E-state index contributed by atoms with van der Waals surface area (Å²) in [6.07, 6.45) is 0.268. The number of methoxy groups -OCH3 is 1. The van der Waals surface area contributed by atoms with Crippen molar-refractivity contribution >= 4 is 29.2 Å². The number of nitrogens with zero attached hydrogens (tertiary/aromatic N) is 1. The van der Waals surface area contributed by atoms with Gasteiger partial charge in [0.2, 0.25) is 5.60 Å². The number of ether oxygens (including phenoxy) is 1. The number of benzene rings is 1. The molecule has 0 saturated heterocycles. The van der Waals surface area contributed by atoms with E-state index >= 15 is 0 Å². The van der Waals surface area contributed by atoms with Crippen LogP contribution in [-0.4, -0.2) is 36.8 Å². The van der Waals surface area contributed by atoms with Crippen LogP contribution in [0.2, 0.25) is 5.02 Å². The van der Waals surface area contributed by atoms with Crippen LogP contribution in [-0.2, 0) is 19.2 Å². The normalized spacial score (nSPS) is 20.4. The number of carbonyl (C=O) groups excluding carboxylic acids is 2. The highest BCUT2D eigenvalue weighted by Gasteiger charge is 2.42. The quantitative estimate of drug-likeness (QED) is 0.855. The van der Waals surface area contributed by atoms with E-state index in [0.29, 0.717) is 10.7 Å². The Morgan fingerprint density at radius 3 is 2.86 bits per heavy atom. The molecule has 1 heterocycles. The molecule has 21 heavy (non-hydrogen) atoms. The zero-order valence-electron chi connectivity index (χ0n) is 11.7. The zero-order chi connectivity index (χ0) is 15.5. The van der Waals surface area contributed by atoms with Crippen LogP contribution < -0.4 is 5.32 Å². The first-order valence-corrected chi connectivity index (χ1v) is 6.69. The number of rotatable bonds is 4. The fraction of sp³-hybridized carbons (Fsp3) is 0.357. The number of amides is 1. The van der Waals surface area contributed by atoms with Crippen molar-refractivity contribution in [3.05, 3.63) is 34.9 Å². The summed E-state index contributed by atoms with van der Waals surface area (Å²) in [5.74, 6) is -0.962. The highest BCUT2D eigenvalue weighted by atomic mass is 35.5. The van der Waals surface area contributed by atoms with E-state index in [9.17, 15) is 9.59 Å². The first-order valence-electron chi connectivity index (χ1n) is 6.31. The Morgan fingerprint density at radius 2 is 2.19 bits per heavy atom. The van der Waals surface area contributed by atoms with Crippen molar-refractivity contribution in [1.82, 2.24) is 5.32 Å². The van der Waals surface area contributed by atoms with Crippen LogP contribution in [0.1, 0.15) is 18.9 Å². The summed E-state index contributed by atoms with van der Waals surface area (Å²) >= 11 is 6.10. The van der Waals surface area contributed by atoms with Gasteiger partial charge in [0.05, 0.1) is 12.8 Å². The lowest BCUT2D eigenvalue weighted by molar-refractivity contribution is -0.146. The summed E-state index contributed by atoms with van der Waals surface area (Å²) in [6, 6.07) is 7.19. The number of esters is 1. The Balaban J connectivity index is 2.04. The standard InChI is InChI=1S/C14H15ClN2O4/c1-14(13(19)16-8-12(18)20-2)7-11(17-21-14)9-5-3-4-6-10(9)15/h3-6H,7-8H2,1-2H3,(H,16,19)/t14-/m0/s1. The smallest absolute Gasteiger partial charge is 0.325 e. The van der Waals surface area contributed by atoms with Gasteiger partial charge in [-0.25, -0.2) is 0 Å². The van der Waals surface area contributed by atoms with Gasteiger partial charge < -0.3 is 14.9 Å². The van der Waals surface area contributed by atoms with E-state index in [1.807, 2.05) is 18.2 Å². The van der Waals surface area contributed by atoms with Crippen molar-refractivity contribution in [2.75, 3.05) is 13.7 Å². The summed E-state index contributed by atoms with van der Waals surface area (Å²) in [4.78, 5) is 28.4. The molecule has 1 amide bonds. The van der Waals surface area contributed by atoms with Crippen molar-refractivity contribution < 1.29 is 19.2 Å². The second kappa shape index (κ2) is 6.13. The molecule has 0 bridgehead atoms. The van der Waals surface area contributed by atoms with Crippen LogP contribution in [0.4, 0.5) is 0 Å². The van der Waals surface area contributed by atoms with Crippen molar-refractivity contribution in [1.29, 1.82) is 0 Å². The number of carbonyl (C=O) groups is 2. The highest BCUT2D eigenvalue weighted by molar-refractivity contribution is 6.34. The molecule has 1 aromatic rings. The number of oxime groups is 1. The van der Waals surface area contributed by atoms with Crippen LogP contribution in [0.15, 0.2) is 29.4 Å². The molecule has 0 fully saturated rings. The molecule has 0 aliphatic carbocycles. The molecule has 7 heteroatoms. The molecule has 1 aliphatic rings. The van der Waals surface area contributed by atoms with Crippen molar-refractivity contribution in [2.45, 2.75) is 18.9 Å².